The van der Waals surface area contributed by atoms with Crippen LogP contribution in [0.25, 0.3) is 0 Å². The molecular formula is C20H33N5O3. The minimum absolute atomic E-state index is 0.0972. The van der Waals surface area contributed by atoms with Gasteiger partial charge in [-0.05, 0) is 32.6 Å². The van der Waals surface area contributed by atoms with E-state index in [-0.39, 0.29) is 17.9 Å². The van der Waals surface area contributed by atoms with Gasteiger partial charge >= 0.3 is 0 Å². The number of nitrogens with one attached hydrogen (secondary N) is 2. The van der Waals surface area contributed by atoms with Crippen molar-refractivity contribution in [2.45, 2.75) is 52.0 Å². The van der Waals surface area contributed by atoms with Crippen molar-refractivity contribution in [1.82, 2.24) is 20.3 Å². The molecule has 8 heteroatoms. The second-order valence-electron chi connectivity index (χ2n) is 8.11. The normalized spacial score (nSPS) is 20.6. The maximum Gasteiger partial charge on any atom is 0.239 e. The summed E-state index contributed by atoms with van der Waals surface area (Å²) in [5, 5.41) is 9.67. The molecule has 1 atom stereocenters. The van der Waals surface area contributed by atoms with Crippen molar-refractivity contribution in [2.75, 3.05) is 44.6 Å². The zero-order chi connectivity index (χ0) is 19.9. The Morgan fingerprint density at radius 1 is 1.21 bits per heavy atom. The van der Waals surface area contributed by atoms with E-state index < -0.39 is 0 Å². The molecule has 2 fully saturated rings. The maximum absolute atomic E-state index is 12.5. The molecule has 2 heterocycles. The average molecular weight is 392 g/mol. The highest BCUT2D eigenvalue weighted by molar-refractivity contribution is 5.91. The molecule has 1 aliphatic carbocycles. The lowest BCUT2D eigenvalue weighted by molar-refractivity contribution is -0.127. The monoisotopic (exact) mass is 391 g/mol. The summed E-state index contributed by atoms with van der Waals surface area (Å²) in [7, 11) is 0. The molecule has 1 unspecified atom stereocenters. The largest absolute Gasteiger partial charge is 0.360 e. The summed E-state index contributed by atoms with van der Waals surface area (Å²) in [6.45, 7) is 8.01. The Kier molecular flexibility index (Phi) is 7.44. The van der Waals surface area contributed by atoms with Crippen molar-refractivity contribution in [1.29, 1.82) is 0 Å². The molecule has 2 aliphatic rings. The van der Waals surface area contributed by atoms with Crippen LogP contribution in [0.4, 0.5) is 5.82 Å². The predicted molar refractivity (Wildman–Crippen MR) is 107 cm³/mol. The summed E-state index contributed by atoms with van der Waals surface area (Å²) < 4.78 is 4.95. The number of hydrogen-bond acceptors (Lipinski definition) is 6. The van der Waals surface area contributed by atoms with Gasteiger partial charge in [0.1, 0.15) is 5.76 Å². The highest BCUT2D eigenvalue weighted by Gasteiger charge is 2.27. The Labute approximate surface area is 167 Å². The number of aryl methyl sites for hydroxylation is 1. The Hall–Kier alpha value is -1.93. The van der Waals surface area contributed by atoms with Gasteiger partial charge < -0.3 is 15.2 Å². The van der Waals surface area contributed by atoms with Gasteiger partial charge in [0.25, 0.3) is 0 Å². The van der Waals surface area contributed by atoms with Gasteiger partial charge in [-0.3, -0.25) is 19.4 Å². The molecule has 0 aromatic carbocycles. The number of anilines is 1. The van der Waals surface area contributed by atoms with Gasteiger partial charge in [0.15, 0.2) is 5.82 Å². The van der Waals surface area contributed by atoms with Crippen molar-refractivity contribution < 1.29 is 14.1 Å². The minimum Gasteiger partial charge on any atom is -0.360 e. The summed E-state index contributed by atoms with van der Waals surface area (Å²) >= 11 is 0. The van der Waals surface area contributed by atoms with E-state index >= 15 is 0 Å². The Morgan fingerprint density at radius 2 is 1.93 bits per heavy atom. The molecule has 156 valence electrons. The van der Waals surface area contributed by atoms with E-state index in [0.29, 0.717) is 24.0 Å². The van der Waals surface area contributed by atoms with Crippen molar-refractivity contribution in [2.24, 2.45) is 5.92 Å². The highest BCUT2D eigenvalue weighted by Crippen LogP contribution is 2.22. The molecule has 2 amide bonds. The van der Waals surface area contributed by atoms with Crippen LogP contribution in [0.3, 0.4) is 0 Å². The molecule has 28 heavy (non-hydrogen) atoms. The van der Waals surface area contributed by atoms with Gasteiger partial charge in [0.05, 0.1) is 12.6 Å². The van der Waals surface area contributed by atoms with Crippen molar-refractivity contribution in [3.8, 4) is 0 Å². The fraction of sp³-hybridized carbons (Fsp3) is 0.750. The van der Waals surface area contributed by atoms with E-state index in [1.165, 1.54) is 32.1 Å². The molecule has 8 nitrogen and oxygen atoms in total. The SMILES string of the molecule is Cc1cc(NC(=O)CN2CCN(C(C)C(=O)NCC3CCCCC3)CC2)no1. The fourth-order valence-corrected chi connectivity index (χ4v) is 4.07. The predicted octanol–water partition coefficient (Wildman–Crippen LogP) is 1.62. The zero-order valence-corrected chi connectivity index (χ0v) is 17.1. The topological polar surface area (TPSA) is 90.7 Å². The maximum atomic E-state index is 12.5. The Balaban J connectivity index is 1.35. The Morgan fingerprint density at radius 3 is 2.57 bits per heavy atom. The molecule has 0 spiro atoms. The molecule has 1 aromatic heterocycles. The summed E-state index contributed by atoms with van der Waals surface area (Å²) in [4.78, 5) is 28.9. The van der Waals surface area contributed by atoms with Crippen LogP contribution in [-0.4, -0.2) is 72.1 Å². The number of carbonyl (C=O) groups is 2. The third-order valence-corrected chi connectivity index (χ3v) is 5.89. The number of nitrogens with zero attached hydrogens (tertiary/aromatic N) is 3. The van der Waals surface area contributed by atoms with E-state index in [2.05, 4.69) is 25.6 Å². The van der Waals surface area contributed by atoms with Crippen LogP contribution in [0.5, 0.6) is 0 Å². The first kappa shape index (κ1) is 20.8. The van der Waals surface area contributed by atoms with E-state index in [0.717, 1.165) is 32.7 Å². The first-order valence-corrected chi connectivity index (χ1v) is 10.5. The first-order chi connectivity index (χ1) is 13.5. The molecule has 1 saturated heterocycles. The number of hydrogen-bond donors (Lipinski definition) is 2. The number of carbonyl (C=O) groups excluding carboxylic acids is 2. The van der Waals surface area contributed by atoms with Gasteiger partial charge in [-0.1, -0.05) is 24.4 Å². The lowest BCUT2D eigenvalue weighted by Gasteiger charge is -2.37. The molecule has 2 N–H and O–H groups in total. The Bertz CT molecular complexity index is 648. The van der Waals surface area contributed by atoms with Gasteiger partial charge in [0.2, 0.25) is 11.8 Å². The number of amides is 2. The smallest absolute Gasteiger partial charge is 0.239 e. The van der Waals surface area contributed by atoms with E-state index in [1.807, 2.05) is 6.92 Å². The molecule has 0 bridgehead atoms. The van der Waals surface area contributed by atoms with Crippen LogP contribution in [-0.2, 0) is 9.59 Å². The molecule has 1 saturated carbocycles. The van der Waals surface area contributed by atoms with Gasteiger partial charge in [-0.2, -0.15) is 0 Å². The third kappa shape index (κ3) is 6.04. The number of piperazine rings is 1. The quantitative estimate of drug-likeness (QED) is 0.734. The molecule has 1 aliphatic heterocycles. The number of aromatic nitrogens is 1. The number of rotatable bonds is 7. The summed E-state index contributed by atoms with van der Waals surface area (Å²) in [6, 6.07) is 1.57. The lowest BCUT2D eigenvalue weighted by Crippen LogP contribution is -2.55. The molecule has 0 radical (unpaired) electrons. The molecular weight excluding hydrogens is 358 g/mol. The van der Waals surface area contributed by atoms with Crippen LogP contribution in [0.1, 0.15) is 44.8 Å². The lowest BCUT2D eigenvalue weighted by atomic mass is 9.89. The van der Waals surface area contributed by atoms with Crippen LogP contribution >= 0.6 is 0 Å². The van der Waals surface area contributed by atoms with Gasteiger partial charge in [-0.15, -0.1) is 0 Å². The standard InChI is InChI=1S/C20H33N5O3/c1-15-12-18(23-28-15)22-19(26)14-24-8-10-25(11-9-24)16(2)20(27)21-13-17-6-4-3-5-7-17/h12,16-17H,3-11,13-14H2,1-2H3,(H,21,27)(H,22,23,26). The van der Waals surface area contributed by atoms with Crippen LogP contribution in [0.15, 0.2) is 10.6 Å². The van der Waals surface area contributed by atoms with Crippen molar-refractivity contribution in [3.05, 3.63) is 11.8 Å². The molecule has 1 aromatic rings. The second-order valence-corrected chi connectivity index (χ2v) is 8.11. The zero-order valence-electron chi connectivity index (χ0n) is 17.1. The van der Waals surface area contributed by atoms with Crippen LogP contribution in [0.2, 0.25) is 0 Å². The van der Waals surface area contributed by atoms with E-state index in [9.17, 15) is 9.59 Å². The van der Waals surface area contributed by atoms with E-state index in [4.69, 9.17) is 4.52 Å². The van der Waals surface area contributed by atoms with Gasteiger partial charge in [0, 0.05) is 38.8 Å². The highest BCUT2D eigenvalue weighted by atomic mass is 16.5. The van der Waals surface area contributed by atoms with Crippen molar-refractivity contribution >= 4 is 17.6 Å². The average Bonchev–Trinajstić information content (AvgIpc) is 3.11. The summed E-state index contributed by atoms with van der Waals surface area (Å²) in [6.07, 6.45) is 6.40. The summed E-state index contributed by atoms with van der Waals surface area (Å²) in [5.41, 5.74) is 0. The second kappa shape index (κ2) is 10.0. The van der Waals surface area contributed by atoms with E-state index in [1.54, 1.807) is 13.0 Å². The minimum atomic E-state index is -0.127. The summed E-state index contributed by atoms with van der Waals surface area (Å²) in [5.74, 6) is 1.79. The third-order valence-electron chi connectivity index (χ3n) is 5.89. The van der Waals surface area contributed by atoms with Crippen LogP contribution in [0, 0.1) is 12.8 Å². The first-order valence-electron chi connectivity index (χ1n) is 10.5. The van der Waals surface area contributed by atoms with Gasteiger partial charge in [-0.25, -0.2) is 0 Å². The van der Waals surface area contributed by atoms with Crippen LogP contribution < -0.4 is 10.6 Å². The molecule has 3 rings (SSSR count). The van der Waals surface area contributed by atoms with Crippen molar-refractivity contribution in [3.63, 3.8) is 0 Å². The fourth-order valence-electron chi connectivity index (χ4n) is 4.07.